The molecule has 0 aliphatic heterocycles. The fourth-order valence-electron chi connectivity index (χ4n) is 2.24. The molecular formula is C18H25N. The number of rotatable bonds is 5. The van der Waals surface area contributed by atoms with Crippen molar-refractivity contribution in [2.75, 3.05) is 0 Å². The Hall–Kier alpha value is -1.55. The molecule has 1 heteroatoms. The monoisotopic (exact) mass is 255 g/mol. The van der Waals surface area contributed by atoms with Crippen LogP contribution in [-0.4, -0.2) is 0 Å². The summed E-state index contributed by atoms with van der Waals surface area (Å²) in [7, 11) is 0. The van der Waals surface area contributed by atoms with Crippen LogP contribution in [0, 0.1) is 11.3 Å². The molecule has 0 fully saturated rings. The maximum Gasteiger partial charge on any atom is 0.0994 e. The molecule has 1 nitrogen and oxygen atoms in total. The molecule has 0 atom stereocenters. The average Bonchev–Trinajstić information content (AvgIpc) is 2.87. The molecule has 0 radical (unpaired) electrons. The first-order valence-corrected chi connectivity index (χ1v) is 7.52. The van der Waals surface area contributed by atoms with E-state index in [1.165, 1.54) is 44.1 Å². The largest absolute Gasteiger partial charge is 0.192 e. The zero-order chi connectivity index (χ0) is 13.9. The molecule has 0 aromatic heterocycles. The van der Waals surface area contributed by atoms with Crippen molar-refractivity contribution in [1.29, 1.82) is 5.26 Å². The second-order valence-electron chi connectivity index (χ2n) is 5.01. The normalized spacial score (nSPS) is 11.9. The second kappa shape index (κ2) is 9.39. The summed E-state index contributed by atoms with van der Waals surface area (Å²) in [5.41, 5.74) is 3.19. The number of unbranched alkanes of at least 4 members (excludes halogenated alkanes) is 5. The maximum absolute atomic E-state index is 8.69. The summed E-state index contributed by atoms with van der Waals surface area (Å²) in [6.45, 7) is 4.51. The fourth-order valence-corrected chi connectivity index (χ4v) is 2.24. The van der Waals surface area contributed by atoms with Gasteiger partial charge in [-0.25, -0.2) is 0 Å². The highest BCUT2D eigenvalue weighted by atomic mass is 14.3. The first-order valence-electron chi connectivity index (χ1n) is 7.52. The Bertz CT molecular complexity index is 431. The number of benzene rings is 1. The Morgan fingerprint density at radius 3 is 2.21 bits per heavy atom. The summed E-state index contributed by atoms with van der Waals surface area (Å²) in [6.07, 6.45) is 11.4. The van der Waals surface area contributed by atoms with Gasteiger partial charge in [0.2, 0.25) is 0 Å². The SMILES string of the molecule is CCCCCCCC.N#CC1=CCc2ccccc21. The van der Waals surface area contributed by atoms with Gasteiger partial charge in [-0.3, -0.25) is 0 Å². The molecule has 1 aliphatic carbocycles. The van der Waals surface area contributed by atoms with E-state index in [9.17, 15) is 0 Å². The summed E-state index contributed by atoms with van der Waals surface area (Å²) in [5.74, 6) is 0. The van der Waals surface area contributed by atoms with Crippen molar-refractivity contribution in [2.45, 2.75) is 58.8 Å². The van der Waals surface area contributed by atoms with Crippen LogP contribution < -0.4 is 0 Å². The number of allylic oxidation sites excluding steroid dienone is 2. The molecule has 1 aromatic carbocycles. The molecule has 0 heterocycles. The van der Waals surface area contributed by atoms with E-state index >= 15 is 0 Å². The first kappa shape index (κ1) is 15.5. The van der Waals surface area contributed by atoms with Crippen LogP contribution in [0.4, 0.5) is 0 Å². The smallest absolute Gasteiger partial charge is 0.0994 e. The molecular weight excluding hydrogens is 230 g/mol. The molecule has 0 unspecified atom stereocenters. The third-order valence-electron chi connectivity index (χ3n) is 3.41. The van der Waals surface area contributed by atoms with Crippen LogP contribution in [0.1, 0.15) is 63.5 Å². The van der Waals surface area contributed by atoms with Gasteiger partial charge in [-0.05, 0) is 17.5 Å². The van der Waals surface area contributed by atoms with Gasteiger partial charge in [-0.2, -0.15) is 5.26 Å². The van der Waals surface area contributed by atoms with Gasteiger partial charge < -0.3 is 0 Å². The molecule has 0 saturated carbocycles. The molecule has 102 valence electrons. The molecule has 19 heavy (non-hydrogen) atoms. The van der Waals surface area contributed by atoms with E-state index in [0.717, 1.165) is 17.6 Å². The highest BCUT2D eigenvalue weighted by Crippen LogP contribution is 2.25. The lowest BCUT2D eigenvalue weighted by molar-refractivity contribution is 0.624. The summed E-state index contributed by atoms with van der Waals surface area (Å²) in [6, 6.07) is 10.2. The molecule has 1 aromatic rings. The zero-order valence-electron chi connectivity index (χ0n) is 12.3. The maximum atomic E-state index is 8.69. The second-order valence-corrected chi connectivity index (χ2v) is 5.01. The summed E-state index contributed by atoms with van der Waals surface area (Å²) >= 11 is 0. The van der Waals surface area contributed by atoms with E-state index in [1.807, 2.05) is 24.3 Å². The Labute approximate surface area is 118 Å². The van der Waals surface area contributed by atoms with Gasteiger partial charge in [0.15, 0.2) is 0 Å². The first-order chi connectivity index (χ1) is 9.33. The van der Waals surface area contributed by atoms with Gasteiger partial charge in [-0.15, -0.1) is 0 Å². The van der Waals surface area contributed by atoms with Crippen LogP contribution in [0.5, 0.6) is 0 Å². The van der Waals surface area contributed by atoms with E-state index in [2.05, 4.69) is 26.0 Å². The topological polar surface area (TPSA) is 23.8 Å². The third kappa shape index (κ3) is 5.30. The molecule has 0 bridgehead atoms. The minimum atomic E-state index is 0.820. The fraction of sp³-hybridized carbons (Fsp3) is 0.500. The molecule has 0 amide bonds. The summed E-state index contributed by atoms with van der Waals surface area (Å²) in [5, 5.41) is 8.69. The lowest BCUT2D eigenvalue weighted by Gasteiger charge is -1.95. The Kier molecular flexibility index (Phi) is 7.66. The van der Waals surface area contributed by atoms with Crippen molar-refractivity contribution in [3.05, 3.63) is 41.5 Å². The van der Waals surface area contributed by atoms with Crippen LogP contribution in [0.25, 0.3) is 5.57 Å². The van der Waals surface area contributed by atoms with E-state index in [1.54, 1.807) is 0 Å². The van der Waals surface area contributed by atoms with Gasteiger partial charge in [0.25, 0.3) is 0 Å². The predicted octanol–water partition coefficient (Wildman–Crippen LogP) is 5.52. The quantitative estimate of drug-likeness (QED) is 0.636. The van der Waals surface area contributed by atoms with Crippen molar-refractivity contribution >= 4 is 5.57 Å². The van der Waals surface area contributed by atoms with E-state index in [-0.39, 0.29) is 0 Å². The van der Waals surface area contributed by atoms with Crippen LogP contribution in [-0.2, 0) is 6.42 Å². The third-order valence-corrected chi connectivity index (χ3v) is 3.41. The lowest BCUT2D eigenvalue weighted by Crippen LogP contribution is -1.80. The van der Waals surface area contributed by atoms with Gasteiger partial charge in [0.05, 0.1) is 11.6 Å². The van der Waals surface area contributed by atoms with Gasteiger partial charge in [-0.1, -0.05) is 82.7 Å². The van der Waals surface area contributed by atoms with Crippen molar-refractivity contribution in [1.82, 2.24) is 0 Å². The van der Waals surface area contributed by atoms with E-state index in [4.69, 9.17) is 5.26 Å². The molecule has 0 spiro atoms. The van der Waals surface area contributed by atoms with Gasteiger partial charge >= 0.3 is 0 Å². The Balaban J connectivity index is 0.000000203. The van der Waals surface area contributed by atoms with Gasteiger partial charge in [0.1, 0.15) is 0 Å². The minimum absolute atomic E-state index is 0.820. The standard InChI is InChI=1S/C10H7N.C8H18/c11-7-9-6-5-8-3-1-2-4-10(8)9;1-3-5-7-8-6-4-2/h1-4,6H,5H2;3-8H2,1-2H3. The summed E-state index contributed by atoms with van der Waals surface area (Å²) in [4.78, 5) is 0. The minimum Gasteiger partial charge on any atom is -0.192 e. The van der Waals surface area contributed by atoms with Crippen molar-refractivity contribution in [2.24, 2.45) is 0 Å². The molecule has 2 rings (SSSR count). The van der Waals surface area contributed by atoms with E-state index < -0.39 is 0 Å². The van der Waals surface area contributed by atoms with Crippen molar-refractivity contribution in [3.63, 3.8) is 0 Å². The molecule has 0 saturated heterocycles. The van der Waals surface area contributed by atoms with Crippen LogP contribution in [0.3, 0.4) is 0 Å². The number of fused-ring (bicyclic) bond motifs is 1. The van der Waals surface area contributed by atoms with Crippen LogP contribution in [0.15, 0.2) is 30.3 Å². The van der Waals surface area contributed by atoms with Crippen LogP contribution in [0.2, 0.25) is 0 Å². The van der Waals surface area contributed by atoms with Gasteiger partial charge in [0, 0.05) is 0 Å². The lowest BCUT2D eigenvalue weighted by atomic mass is 10.1. The molecule has 1 aliphatic rings. The summed E-state index contributed by atoms with van der Waals surface area (Å²) < 4.78 is 0. The highest BCUT2D eigenvalue weighted by molar-refractivity contribution is 5.82. The Morgan fingerprint density at radius 1 is 1.00 bits per heavy atom. The predicted molar refractivity (Wildman–Crippen MR) is 82.8 cm³/mol. The van der Waals surface area contributed by atoms with E-state index in [0.29, 0.717) is 0 Å². The number of hydrogen-bond donors (Lipinski definition) is 0. The number of nitrogens with zero attached hydrogens (tertiary/aromatic N) is 1. The molecule has 0 N–H and O–H groups in total. The highest BCUT2D eigenvalue weighted by Gasteiger charge is 2.11. The Morgan fingerprint density at radius 2 is 1.63 bits per heavy atom. The number of hydrogen-bond acceptors (Lipinski definition) is 1. The van der Waals surface area contributed by atoms with Crippen molar-refractivity contribution < 1.29 is 0 Å². The number of nitriles is 1. The van der Waals surface area contributed by atoms with Crippen molar-refractivity contribution in [3.8, 4) is 6.07 Å². The van der Waals surface area contributed by atoms with Crippen LogP contribution >= 0.6 is 0 Å². The average molecular weight is 255 g/mol. The zero-order valence-corrected chi connectivity index (χ0v) is 12.3.